The second kappa shape index (κ2) is 4.57. The average molecular weight is 226 g/mol. The molecule has 0 unspecified atom stereocenters. The zero-order chi connectivity index (χ0) is 10.7. The van der Waals surface area contributed by atoms with Crippen molar-refractivity contribution in [1.82, 2.24) is 15.1 Å². The predicted octanol–water partition coefficient (Wildman–Crippen LogP) is 1.02. The van der Waals surface area contributed by atoms with Crippen molar-refractivity contribution >= 4 is 22.4 Å². The summed E-state index contributed by atoms with van der Waals surface area (Å²) in [5.41, 5.74) is 5.49. The van der Waals surface area contributed by atoms with E-state index in [0.717, 1.165) is 30.8 Å². The van der Waals surface area contributed by atoms with Crippen LogP contribution in [0.5, 0.6) is 0 Å². The molecule has 0 aliphatic carbocycles. The van der Waals surface area contributed by atoms with Gasteiger partial charge in [-0.25, -0.2) is 0 Å². The number of nitrogens with two attached hydrogens (primary N) is 1. The van der Waals surface area contributed by atoms with Crippen LogP contribution in [0.1, 0.15) is 30.7 Å². The van der Waals surface area contributed by atoms with E-state index in [-0.39, 0.29) is 5.91 Å². The van der Waals surface area contributed by atoms with Crippen molar-refractivity contribution in [3.63, 3.8) is 0 Å². The van der Waals surface area contributed by atoms with E-state index in [1.54, 1.807) is 0 Å². The Hall–Kier alpha value is -1.17. The van der Waals surface area contributed by atoms with Gasteiger partial charge in [-0.3, -0.25) is 4.79 Å². The third-order valence-corrected chi connectivity index (χ3v) is 3.22. The van der Waals surface area contributed by atoms with E-state index >= 15 is 0 Å². The van der Waals surface area contributed by atoms with Gasteiger partial charge >= 0.3 is 0 Å². The number of nitrogen functional groups attached to an aromatic ring is 1. The number of carbonyl (C=O) groups is 1. The van der Waals surface area contributed by atoms with Gasteiger partial charge in [0.15, 0.2) is 0 Å². The number of amides is 1. The highest BCUT2D eigenvalue weighted by molar-refractivity contribution is 7.15. The first-order valence-electron chi connectivity index (χ1n) is 5.11. The van der Waals surface area contributed by atoms with E-state index in [1.807, 2.05) is 4.90 Å². The molecule has 0 aromatic carbocycles. The molecule has 2 heterocycles. The Kier molecular flexibility index (Phi) is 3.15. The molecule has 1 amide bonds. The Bertz CT molecular complexity index is 352. The molecular weight excluding hydrogens is 212 g/mol. The standard InChI is InChI=1S/C9H14N4OS/c10-9-12-11-7(15-9)6-13-5-3-1-2-4-8(13)14/h1-6H2,(H2,10,12). The lowest BCUT2D eigenvalue weighted by atomic mass is 10.2. The summed E-state index contributed by atoms with van der Waals surface area (Å²) in [6.07, 6.45) is 3.89. The normalized spacial score (nSPS) is 17.9. The van der Waals surface area contributed by atoms with E-state index in [1.165, 1.54) is 11.3 Å². The average Bonchev–Trinajstić information content (AvgIpc) is 2.50. The predicted molar refractivity (Wildman–Crippen MR) is 58.2 cm³/mol. The fourth-order valence-electron chi connectivity index (χ4n) is 1.70. The molecule has 5 nitrogen and oxygen atoms in total. The minimum Gasteiger partial charge on any atom is -0.374 e. The van der Waals surface area contributed by atoms with Gasteiger partial charge in [-0.2, -0.15) is 0 Å². The molecule has 1 aromatic heterocycles. The molecule has 0 radical (unpaired) electrons. The molecule has 1 fully saturated rings. The molecule has 15 heavy (non-hydrogen) atoms. The van der Waals surface area contributed by atoms with Gasteiger partial charge in [0.1, 0.15) is 5.01 Å². The maximum atomic E-state index is 11.7. The van der Waals surface area contributed by atoms with Crippen molar-refractivity contribution in [2.24, 2.45) is 0 Å². The molecular formula is C9H14N4OS. The molecule has 2 N–H and O–H groups in total. The van der Waals surface area contributed by atoms with Crippen LogP contribution >= 0.6 is 11.3 Å². The largest absolute Gasteiger partial charge is 0.374 e. The van der Waals surface area contributed by atoms with E-state index in [9.17, 15) is 4.79 Å². The number of hydrogen-bond donors (Lipinski definition) is 1. The molecule has 0 bridgehead atoms. The van der Waals surface area contributed by atoms with Crippen LogP contribution < -0.4 is 5.73 Å². The maximum absolute atomic E-state index is 11.7. The van der Waals surface area contributed by atoms with Crippen LogP contribution in [0.3, 0.4) is 0 Å². The van der Waals surface area contributed by atoms with Crippen molar-refractivity contribution in [3.8, 4) is 0 Å². The monoisotopic (exact) mass is 226 g/mol. The molecule has 0 atom stereocenters. The molecule has 1 aliphatic heterocycles. The molecule has 1 saturated heterocycles. The van der Waals surface area contributed by atoms with E-state index < -0.39 is 0 Å². The highest BCUT2D eigenvalue weighted by atomic mass is 32.1. The van der Waals surface area contributed by atoms with Crippen LogP contribution in [0.15, 0.2) is 0 Å². The third-order valence-electron chi connectivity index (χ3n) is 2.48. The summed E-state index contributed by atoms with van der Waals surface area (Å²) in [6, 6.07) is 0. The van der Waals surface area contributed by atoms with Gasteiger partial charge in [-0.1, -0.05) is 17.8 Å². The van der Waals surface area contributed by atoms with Gasteiger partial charge in [-0.05, 0) is 12.8 Å². The van der Waals surface area contributed by atoms with Crippen LogP contribution in [0.4, 0.5) is 5.13 Å². The number of rotatable bonds is 2. The molecule has 0 saturated carbocycles. The Labute approximate surface area is 92.3 Å². The van der Waals surface area contributed by atoms with Gasteiger partial charge in [0.2, 0.25) is 11.0 Å². The van der Waals surface area contributed by atoms with Gasteiger partial charge in [-0.15, -0.1) is 10.2 Å². The van der Waals surface area contributed by atoms with E-state index in [4.69, 9.17) is 5.73 Å². The molecule has 6 heteroatoms. The Morgan fingerprint density at radius 1 is 1.33 bits per heavy atom. The summed E-state index contributed by atoms with van der Waals surface area (Å²) in [7, 11) is 0. The highest BCUT2D eigenvalue weighted by Crippen LogP contribution is 2.17. The number of carbonyl (C=O) groups excluding carboxylic acids is 1. The highest BCUT2D eigenvalue weighted by Gasteiger charge is 2.18. The van der Waals surface area contributed by atoms with Crippen molar-refractivity contribution in [2.45, 2.75) is 32.2 Å². The smallest absolute Gasteiger partial charge is 0.222 e. The Morgan fingerprint density at radius 2 is 2.20 bits per heavy atom. The number of anilines is 1. The summed E-state index contributed by atoms with van der Waals surface area (Å²) in [5.74, 6) is 0.223. The van der Waals surface area contributed by atoms with Crippen molar-refractivity contribution in [2.75, 3.05) is 12.3 Å². The topological polar surface area (TPSA) is 72.1 Å². The van der Waals surface area contributed by atoms with Crippen molar-refractivity contribution < 1.29 is 4.79 Å². The van der Waals surface area contributed by atoms with Crippen LogP contribution in [-0.2, 0) is 11.3 Å². The summed E-state index contributed by atoms with van der Waals surface area (Å²) < 4.78 is 0. The second-order valence-electron chi connectivity index (χ2n) is 3.66. The maximum Gasteiger partial charge on any atom is 0.222 e. The van der Waals surface area contributed by atoms with Crippen molar-refractivity contribution in [3.05, 3.63) is 5.01 Å². The van der Waals surface area contributed by atoms with Gasteiger partial charge in [0, 0.05) is 13.0 Å². The second-order valence-corrected chi connectivity index (χ2v) is 4.75. The Balaban J connectivity index is 2.00. The van der Waals surface area contributed by atoms with Crippen LogP contribution in [0.25, 0.3) is 0 Å². The Morgan fingerprint density at radius 3 is 2.93 bits per heavy atom. The van der Waals surface area contributed by atoms with E-state index in [0.29, 0.717) is 18.1 Å². The zero-order valence-electron chi connectivity index (χ0n) is 8.48. The number of aromatic nitrogens is 2. The first kappa shape index (κ1) is 10.4. The minimum atomic E-state index is 0.223. The summed E-state index contributed by atoms with van der Waals surface area (Å²) in [6.45, 7) is 1.39. The quantitative estimate of drug-likeness (QED) is 0.817. The molecule has 2 rings (SSSR count). The molecule has 1 aliphatic rings. The lowest BCUT2D eigenvalue weighted by Crippen LogP contribution is -2.29. The lowest BCUT2D eigenvalue weighted by Gasteiger charge is -2.18. The minimum absolute atomic E-state index is 0.223. The first-order chi connectivity index (χ1) is 7.25. The van der Waals surface area contributed by atoms with Gasteiger partial charge < -0.3 is 10.6 Å². The van der Waals surface area contributed by atoms with Crippen molar-refractivity contribution in [1.29, 1.82) is 0 Å². The SMILES string of the molecule is Nc1nnc(CN2CCCCCC2=O)s1. The zero-order valence-corrected chi connectivity index (χ0v) is 9.29. The van der Waals surface area contributed by atoms with Gasteiger partial charge in [0.05, 0.1) is 6.54 Å². The first-order valence-corrected chi connectivity index (χ1v) is 5.93. The summed E-state index contributed by atoms with van der Waals surface area (Å²) in [5, 5.41) is 8.95. The fourth-order valence-corrected chi connectivity index (χ4v) is 2.32. The number of nitrogens with zero attached hydrogens (tertiary/aromatic N) is 3. The van der Waals surface area contributed by atoms with Gasteiger partial charge in [0.25, 0.3) is 0 Å². The number of likely N-dealkylation sites (tertiary alicyclic amines) is 1. The number of hydrogen-bond acceptors (Lipinski definition) is 5. The summed E-state index contributed by atoms with van der Waals surface area (Å²) >= 11 is 1.35. The van der Waals surface area contributed by atoms with Crippen LogP contribution in [0, 0.1) is 0 Å². The fraction of sp³-hybridized carbons (Fsp3) is 0.667. The third kappa shape index (κ3) is 2.65. The molecule has 82 valence electrons. The lowest BCUT2D eigenvalue weighted by molar-refractivity contribution is -0.131. The molecule has 0 spiro atoms. The van der Waals surface area contributed by atoms with Crippen LogP contribution in [-0.4, -0.2) is 27.5 Å². The summed E-state index contributed by atoms with van der Waals surface area (Å²) in [4.78, 5) is 13.5. The molecule has 1 aromatic rings. The van der Waals surface area contributed by atoms with Crippen LogP contribution in [0.2, 0.25) is 0 Å². The van der Waals surface area contributed by atoms with E-state index in [2.05, 4.69) is 10.2 Å².